The number of carbonyl (C=O) groups is 2. The smallest absolute Gasteiger partial charge is 0.339 e. The number of ketones is 1. The van der Waals surface area contributed by atoms with Gasteiger partial charge in [-0.1, -0.05) is 25.1 Å². The summed E-state index contributed by atoms with van der Waals surface area (Å²) in [5.74, 6) is 0.0341. The Balaban J connectivity index is 1.87. The van der Waals surface area contributed by atoms with E-state index in [0.29, 0.717) is 34.4 Å². The Labute approximate surface area is 169 Å². The topological polar surface area (TPSA) is 74.7 Å². The molecule has 1 heterocycles. The molecule has 3 rings (SSSR count). The number of rotatable bonds is 7. The van der Waals surface area contributed by atoms with Crippen molar-refractivity contribution in [1.82, 2.24) is 4.98 Å². The van der Waals surface area contributed by atoms with Crippen molar-refractivity contribution in [2.45, 2.75) is 20.3 Å². The molecule has 0 saturated heterocycles. The van der Waals surface area contributed by atoms with Crippen LogP contribution in [-0.4, -0.2) is 37.6 Å². The third kappa shape index (κ3) is 4.06. The van der Waals surface area contributed by atoms with Crippen LogP contribution >= 0.6 is 0 Å². The van der Waals surface area contributed by atoms with Crippen LogP contribution in [0.5, 0.6) is 11.5 Å². The lowest BCUT2D eigenvalue weighted by molar-refractivity contribution is 0.0475. The van der Waals surface area contributed by atoms with E-state index in [2.05, 4.69) is 4.98 Å². The van der Waals surface area contributed by atoms with Crippen LogP contribution in [-0.2, 0) is 11.2 Å². The van der Waals surface area contributed by atoms with Crippen molar-refractivity contribution in [3.8, 4) is 11.5 Å². The second-order valence-electron chi connectivity index (χ2n) is 6.49. The minimum Gasteiger partial charge on any atom is -0.497 e. The summed E-state index contributed by atoms with van der Waals surface area (Å²) in [5, 5.41) is 0.710. The van der Waals surface area contributed by atoms with E-state index in [1.165, 1.54) is 14.2 Å². The van der Waals surface area contributed by atoms with Gasteiger partial charge in [-0.3, -0.25) is 9.78 Å². The average Bonchev–Trinajstić information content (AvgIpc) is 2.76. The van der Waals surface area contributed by atoms with Crippen LogP contribution in [0.3, 0.4) is 0 Å². The van der Waals surface area contributed by atoms with Crippen LogP contribution in [0.2, 0.25) is 0 Å². The average molecular weight is 393 g/mol. The van der Waals surface area contributed by atoms with E-state index in [1.807, 2.05) is 38.1 Å². The number of hydrogen-bond acceptors (Lipinski definition) is 6. The van der Waals surface area contributed by atoms with Gasteiger partial charge in [0, 0.05) is 17.1 Å². The van der Waals surface area contributed by atoms with E-state index < -0.39 is 5.97 Å². The minimum atomic E-state index is -0.545. The minimum absolute atomic E-state index is 0.326. The molecule has 0 aliphatic carbocycles. The lowest BCUT2D eigenvalue weighted by atomic mass is 10.0. The molecule has 0 saturated carbocycles. The highest BCUT2D eigenvalue weighted by Gasteiger charge is 2.21. The van der Waals surface area contributed by atoms with Gasteiger partial charge in [-0.15, -0.1) is 0 Å². The fraction of sp³-hybridized carbons (Fsp3) is 0.261. The normalized spacial score (nSPS) is 10.6. The van der Waals surface area contributed by atoms with Gasteiger partial charge in [0.2, 0.25) is 5.78 Å². The third-order valence-corrected chi connectivity index (χ3v) is 4.82. The Bertz CT molecular complexity index is 1070. The second kappa shape index (κ2) is 8.73. The SMILES string of the molecule is CCc1nc2ccccc2c(C(=O)OCC(=O)c2ccc(OC)cc2OC)c1C. The monoisotopic (exact) mass is 393 g/mol. The number of hydrogen-bond donors (Lipinski definition) is 0. The summed E-state index contributed by atoms with van der Waals surface area (Å²) in [4.78, 5) is 30.1. The summed E-state index contributed by atoms with van der Waals surface area (Å²) in [6, 6.07) is 12.3. The Hall–Kier alpha value is -3.41. The number of benzene rings is 2. The van der Waals surface area contributed by atoms with E-state index in [4.69, 9.17) is 14.2 Å². The van der Waals surface area contributed by atoms with Crippen molar-refractivity contribution in [2.24, 2.45) is 0 Å². The van der Waals surface area contributed by atoms with Crippen LogP contribution in [0.15, 0.2) is 42.5 Å². The van der Waals surface area contributed by atoms with E-state index in [-0.39, 0.29) is 12.4 Å². The van der Waals surface area contributed by atoms with E-state index in [1.54, 1.807) is 18.2 Å². The van der Waals surface area contributed by atoms with Crippen molar-refractivity contribution >= 4 is 22.7 Å². The summed E-state index contributed by atoms with van der Waals surface area (Å²) in [5.41, 5.74) is 3.10. The van der Waals surface area contributed by atoms with Gasteiger partial charge in [-0.05, 0) is 37.1 Å². The Morgan fingerprint density at radius 3 is 2.48 bits per heavy atom. The molecule has 6 nitrogen and oxygen atoms in total. The van der Waals surface area contributed by atoms with E-state index >= 15 is 0 Å². The zero-order valence-corrected chi connectivity index (χ0v) is 16.9. The highest BCUT2D eigenvalue weighted by atomic mass is 16.5. The Morgan fingerprint density at radius 2 is 1.79 bits per heavy atom. The molecule has 0 amide bonds. The molecule has 0 aliphatic rings. The number of methoxy groups -OCH3 is 2. The molecule has 3 aromatic rings. The predicted octanol–water partition coefficient (Wildman–Crippen LogP) is 4.16. The Kier molecular flexibility index (Phi) is 6.12. The van der Waals surface area contributed by atoms with Gasteiger partial charge in [-0.25, -0.2) is 4.79 Å². The fourth-order valence-corrected chi connectivity index (χ4v) is 3.28. The summed E-state index contributed by atoms with van der Waals surface area (Å²) in [6.45, 7) is 3.45. The van der Waals surface area contributed by atoms with Crippen molar-refractivity contribution < 1.29 is 23.8 Å². The molecule has 0 fully saturated rings. The molecule has 0 radical (unpaired) electrons. The Morgan fingerprint density at radius 1 is 1.03 bits per heavy atom. The zero-order chi connectivity index (χ0) is 21.0. The van der Waals surface area contributed by atoms with Crippen molar-refractivity contribution in [2.75, 3.05) is 20.8 Å². The number of pyridine rings is 1. The lowest BCUT2D eigenvalue weighted by Gasteiger charge is -2.14. The first-order valence-corrected chi connectivity index (χ1v) is 9.30. The number of carbonyl (C=O) groups excluding carboxylic acids is 2. The van der Waals surface area contributed by atoms with Crippen molar-refractivity contribution in [1.29, 1.82) is 0 Å². The molecule has 6 heteroatoms. The number of Topliss-reactive ketones (excluding diaryl/α,β-unsaturated/α-hetero) is 1. The van der Waals surface area contributed by atoms with Crippen LogP contribution < -0.4 is 9.47 Å². The molecule has 29 heavy (non-hydrogen) atoms. The first-order chi connectivity index (χ1) is 14.0. The molecule has 0 unspecified atom stereocenters. The van der Waals surface area contributed by atoms with Crippen LogP contribution in [0.4, 0.5) is 0 Å². The van der Waals surface area contributed by atoms with E-state index in [0.717, 1.165) is 16.8 Å². The number of aromatic nitrogens is 1. The molecule has 1 aromatic heterocycles. The summed E-state index contributed by atoms with van der Waals surface area (Å²) in [7, 11) is 3.00. The van der Waals surface area contributed by atoms with Crippen LogP contribution in [0.25, 0.3) is 10.9 Å². The van der Waals surface area contributed by atoms with Gasteiger partial charge in [0.1, 0.15) is 11.5 Å². The summed E-state index contributed by atoms with van der Waals surface area (Å²) >= 11 is 0. The second-order valence-corrected chi connectivity index (χ2v) is 6.49. The van der Waals surface area contributed by atoms with Crippen LogP contribution in [0.1, 0.15) is 38.9 Å². The first kappa shape index (κ1) is 20.3. The standard InChI is InChI=1S/C23H23NO5/c1-5-18-14(2)22(16-8-6-7-9-19(16)24-18)23(26)29-13-20(25)17-11-10-15(27-3)12-21(17)28-4/h6-12H,5,13H2,1-4H3. The highest BCUT2D eigenvalue weighted by Crippen LogP contribution is 2.26. The third-order valence-electron chi connectivity index (χ3n) is 4.82. The molecular weight excluding hydrogens is 370 g/mol. The quantitative estimate of drug-likeness (QED) is 0.443. The molecular formula is C23H23NO5. The summed E-state index contributed by atoms with van der Waals surface area (Å²) < 4.78 is 15.8. The predicted molar refractivity (Wildman–Crippen MR) is 110 cm³/mol. The fourth-order valence-electron chi connectivity index (χ4n) is 3.28. The molecule has 0 N–H and O–H groups in total. The van der Waals surface area contributed by atoms with Crippen LogP contribution in [0, 0.1) is 6.92 Å². The number of fused-ring (bicyclic) bond motifs is 1. The maximum absolute atomic E-state index is 12.9. The van der Waals surface area contributed by atoms with Gasteiger partial charge >= 0.3 is 5.97 Å². The first-order valence-electron chi connectivity index (χ1n) is 9.30. The maximum atomic E-state index is 12.9. The number of ether oxygens (including phenoxy) is 3. The maximum Gasteiger partial charge on any atom is 0.339 e. The van der Waals surface area contributed by atoms with Gasteiger partial charge in [0.15, 0.2) is 6.61 Å². The lowest BCUT2D eigenvalue weighted by Crippen LogP contribution is -2.17. The summed E-state index contributed by atoms with van der Waals surface area (Å²) in [6.07, 6.45) is 0.693. The highest BCUT2D eigenvalue weighted by molar-refractivity contribution is 6.06. The number of aryl methyl sites for hydroxylation is 1. The molecule has 2 aromatic carbocycles. The molecule has 0 bridgehead atoms. The van der Waals surface area contributed by atoms with Gasteiger partial charge in [0.05, 0.1) is 30.9 Å². The number of esters is 1. The number of nitrogens with zero attached hydrogens (tertiary/aromatic N) is 1. The van der Waals surface area contributed by atoms with Crippen molar-refractivity contribution in [3.63, 3.8) is 0 Å². The molecule has 0 atom stereocenters. The zero-order valence-electron chi connectivity index (χ0n) is 16.9. The van der Waals surface area contributed by atoms with Gasteiger partial charge in [-0.2, -0.15) is 0 Å². The van der Waals surface area contributed by atoms with E-state index in [9.17, 15) is 9.59 Å². The van der Waals surface area contributed by atoms with Crippen molar-refractivity contribution in [3.05, 3.63) is 64.8 Å². The molecule has 0 spiro atoms. The number of para-hydroxylation sites is 1. The van der Waals surface area contributed by atoms with Gasteiger partial charge < -0.3 is 14.2 Å². The molecule has 0 aliphatic heterocycles. The van der Waals surface area contributed by atoms with Gasteiger partial charge in [0.25, 0.3) is 0 Å². The molecule has 150 valence electrons. The largest absolute Gasteiger partial charge is 0.497 e.